The summed E-state index contributed by atoms with van der Waals surface area (Å²) in [5.74, 6) is -2.14. The largest absolute Gasteiger partial charge is 0.489 e. The monoisotopic (exact) mass is 364 g/mol. The van der Waals surface area contributed by atoms with Gasteiger partial charge in [0.05, 0.1) is 19.4 Å². The van der Waals surface area contributed by atoms with Crippen molar-refractivity contribution in [1.82, 2.24) is 10.3 Å². The number of nitrogens with one attached hydrogen (secondary N) is 1. The Morgan fingerprint density at radius 3 is 2.54 bits per heavy atom. The van der Waals surface area contributed by atoms with E-state index in [0.717, 1.165) is 50.5 Å². The highest BCUT2D eigenvalue weighted by atomic mass is 16.5. The summed E-state index contributed by atoms with van der Waals surface area (Å²) in [6.07, 6.45) is 11.5. The molecule has 2 fully saturated rings. The van der Waals surface area contributed by atoms with Crippen LogP contribution in [0.3, 0.4) is 0 Å². The van der Waals surface area contributed by atoms with E-state index in [9.17, 15) is 0 Å². The topological polar surface area (TPSA) is 118 Å². The highest BCUT2D eigenvalue weighted by molar-refractivity contribution is 6.27. The van der Waals surface area contributed by atoms with Crippen LogP contribution in [0.15, 0.2) is 24.5 Å². The molecule has 8 heteroatoms. The maximum atomic E-state index is 9.10. The average molecular weight is 364 g/mol. The average Bonchev–Trinajstić information content (AvgIpc) is 3.15. The lowest BCUT2D eigenvalue weighted by molar-refractivity contribution is -0.159. The standard InChI is InChI=1S/C16H22N2O2.C2H2O4/c1(13-3-6-17-10-13)2-14-9-16(12-18-11-14)20-15-4-7-19-8-5-15;3-1(4)2(5)6/h1-2,9,11-13,15,17H,3-8,10H2;(H,3,4)(H,5,6)/t13-;/m0./s1. The van der Waals surface area contributed by atoms with Gasteiger partial charge >= 0.3 is 11.9 Å². The summed E-state index contributed by atoms with van der Waals surface area (Å²) in [6, 6.07) is 2.07. The van der Waals surface area contributed by atoms with Crippen molar-refractivity contribution in [3.63, 3.8) is 0 Å². The van der Waals surface area contributed by atoms with Crippen LogP contribution >= 0.6 is 0 Å². The van der Waals surface area contributed by atoms with Crippen LogP contribution in [0.5, 0.6) is 5.75 Å². The van der Waals surface area contributed by atoms with Crippen LogP contribution in [-0.2, 0) is 14.3 Å². The first-order chi connectivity index (χ1) is 12.5. The third kappa shape index (κ3) is 7.20. The lowest BCUT2D eigenvalue weighted by atomic mass is 10.1. The van der Waals surface area contributed by atoms with E-state index >= 15 is 0 Å². The van der Waals surface area contributed by atoms with Gasteiger partial charge in [0.25, 0.3) is 0 Å². The molecule has 3 heterocycles. The summed E-state index contributed by atoms with van der Waals surface area (Å²) in [7, 11) is 0. The molecule has 3 N–H and O–H groups in total. The highest BCUT2D eigenvalue weighted by Crippen LogP contribution is 2.19. The Hall–Kier alpha value is -2.45. The summed E-state index contributed by atoms with van der Waals surface area (Å²) >= 11 is 0. The van der Waals surface area contributed by atoms with E-state index in [4.69, 9.17) is 29.3 Å². The minimum Gasteiger partial charge on any atom is -0.489 e. The fraction of sp³-hybridized carbons (Fsp3) is 0.500. The van der Waals surface area contributed by atoms with E-state index in [2.05, 4.69) is 28.5 Å². The number of aromatic nitrogens is 1. The summed E-state index contributed by atoms with van der Waals surface area (Å²) < 4.78 is 11.3. The van der Waals surface area contributed by atoms with Crippen molar-refractivity contribution in [3.05, 3.63) is 30.1 Å². The van der Waals surface area contributed by atoms with Crippen molar-refractivity contribution < 1.29 is 29.3 Å². The summed E-state index contributed by atoms with van der Waals surface area (Å²) in [4.78, 5) is 22.5. The molecular weight excluding hydrogens is 340 g/mol. The summed E-state index contributed by atoms with van der Waals surface area (Å²) in [5, 5.41) is 18.2. The molecule has 0 aliphatic carbocycles. The van der Waals surface area contributed by atoms with E-state index in [1.807, 2.05) is 6.20 Å². The zero-order valence-electron chi connectivity index (χ0n) is 14.5. The lowest BCUT2D eigenvalue weighted by Crippen LogP contribution is -2.25. The van der Waals surface area contributed by atoms with E-state index < -0.39 is 11.9 Å². The normalized spacial score (nSPS) is 20.4. The van der Waals surface area contributed by atoms with Gasteiger partial charge < -0.3 is 25.0 Å². The van der Waals surface area contributed by atoms with Gasteiger partial charge in [0, 0.05) is 25.6 Å². The zero-order chi connectivity index (χ0) is 18.8. The Labute approximate surface area is 151 Å². The first-order valence-corrected chi connectivity index (χ1v) is 8.59. The number of rotatable bonds is 4. The van der Waals surface area contributed by atoms with Crippen LogP contribution in [0, 0.1) is 5.92 Å². The summed E-state index contributed by atoms with van der Waals surface area (Å²) in [6.45, 7) is 3.81. The molecule has 2 saturated heterocycles. The van der Waals surface area contributed by atoms with Gasteiger partial charge in [0.1, 0.15) is 11.9 Å². The van der Waals surface area contributed by atoms with Gasteiger partial charge in [-0.3, -0.25) is 4.98 Å². The maximum Gasteiger partial charge on any atom is 0.414 e. The van der Waals surface area contributed by atoms with E-state index in [-0.39, 0.29) is 6.10 Å². The van der Waals surface area contributed by atoms with Gasteiger partial charge in [0.15, 0.2) is 0 Å². The molecule has 0 aromatic carbocycles. The zero-order valence-corrected chi connectivity index (χ0v) is 14.5. The highest BCUT2D eigenvalue weighted by Gasteiger charge is 2.15. The Balaban J connectivity index is 0.000000352. The van der Waals surface area contributed by atoms with Gasteiger partial charge in [-0.05, 0) is 30.5 Å². The second-order valence-electron chi connectivity index (χ2n) is 6.11. The molecule has 3 rings (SSSR count). The first-order valence-electron chi connectivity index (χ1n) is 8.59. The molecule has 1 aromatic heterocycles. The fourth-order valence-electron chi connectivity index (χ4n) is 2.67. The Bertz CT molecular complexity index is 610. The molecule has 0 spiro atoms. The van der Waals surface area contributed by atoms with Crippen molar-refractivity contribution in [2.45, 2.75) is 25.4 Å². The van der Waals surface area contributed by atoms with Crippen molar-refractivity contribution in [3.8, 4) is 5.75 Å². The molecule has 0 amide bonds. The second-order valence-corrected chi connectivity index (χ2v) is 6.11. The van der Waals surface area contributed by atoms with Crippen LogP contribution in [0.4, 0.5) is 0 Å². The molecule has 0 saturated carbocycles. The van der Waals surface area contributed by atoms with Crippen molar-refractivity contribution >= 4 is 18.0 Å². The Morgan fingerprint density at radius 2 is 1.92 bits per heavy atom. The Kier molecular flexibility index (Phi) is 8.04. The van der Waals surface area contributed by atoms with Gasteiger partial charge in [0.2, 0.25) is 0 Å². The van der Waals surface area contributed by atoms with Crippen LogP contribution in [0.2, 0.25) is 0 Å². The number of nitrogens with zero attached hydrogens (tertiary/aromatic N) is 1. The number of carboxylic acid groups (broad SMARTS) is 2. The molecule has 0 radical (unpaired) electrons. The predicted octanol–water partition coefficient (Wildman–Crippen LogP) is 1.42. The van der Waals surface area contributed by atoms with E-state index in [1.54, 1.807) is 6.20 Å². The molecule has 142 valence electrons. The number of hydrogen-bond donors (Lipinski definition) is 3. The van der Waals surface area contributed by atoms with E-state index in [1.165, 1.54) is 6.42 Å². The summed E-state index contributed by atoms with van der Waals surface area (Å²) in [5.41, 5.74) is 1.11. The number of hydrogen-bond acceptors (Lipinski definition) is 6. The minimum absolute atomic E-state index is 0.267. The Morgan fingerprint density at radius 1 is 1.19 bits per heavy atom. The number of carbonyl (C=O) groups is 2. The van der Waals surface area contributed by atoms with Crippen LogP contribution in [0.25, 0.3) is 6.08 Å². The number of pyridine rings is 1. The number of aliphatic carboxylic acids is 2. The molecule has 8 nitrogen and oxygen atoms in total. The van der Waals surface area contributed by atoms with Gasteiger partial charge in [-0.25, -0.2) is 9.59 Å². The number of carboxylic acids is 2. The van der Waals surface area contributed by atoms with E-state index in [0.29, 0.717) is 5.92 Å². The molecular formula is C18H24N2O6. The second kappa shape index (κ2) is 10.5. The molecule has 0 unspecified atom stereocenters. The van der Waals surface area contributed by atoms with Gasteiger partial charge in [-0.2, -0.15) is 0 Å². The quantitative estimate of drug-likeness (QED) is 0.687. The number of ether oxygens (including phenoxy) is 2. The fourth-order valence-corrected chi connectivity index (χ4v) is 2.67. The lowest BCUT2D eigenvalue weighted by Gasteiger charge is -2.23. The van der Waals surface area contributed by atoms with Crippen LogP contribution < -0.4 is 10.1 Å². The smallest absolute Gasteiger partial charge is 0.414 e. The molecule has 1 atom stereocenters. The molecule has 0 bridgehead atoms. The molecule has 26 heavy (non-hydrogen) atoms. The van der Waals surface area contributed by atoms with Crippen molar-refractivity contribution in [2.24, 2.45) is 5.92 Å². The van der Waals surface area contributed by atoms with Crippen LogP contribution in [0.1, 0.15) is 24.8 Å². The van der Waals surface area contributed by atoms with Crippen LogP contribution in [-0.4, -0.2) is 59.5 Å². The van der Waals surface area contributed by atoms with Crippen molar-refractivity contribution in [1.29, 1.82) is 0 Å². The third-order valence-electron chi connectivity index (χ3n) is 4.05. The molecule has 1 aromatic rings. The van der Waals surface area contributed by atoms with Gasteiger partial charge in [-0.15, -0.1) is 0 Å². The van der Waals surface area contributed by atoms with Gasteiger partial charge in [-0.1, -0.05) is 12.2 Å². The van der Waals surface area contributed by atoms with Crippen molar-refractivity contribution in [2.75, 3.05) is 26.3 Å². The SMILES string of the molecule is C(=C[C@H]1CCNC1)c1cncc(OC2CCOCC2)c1.O=C(O)C(=O)O. The maximum absolute atomic E-state index is 9.10. The first kappa shape index (κ1) is 19.9. The molecule has 2 aliphatic heterocycles. The molecule has 2 aliphatic rings. The minimum atomic E-state index is -1.82. The predicted molar refractivity (Wildman–Crippen MR) is 94.0 cm³/mol. The third-order valence-corrected chi connectivity index (χ3v) is 4.05.